The van der Waals surface area contributed by atoms with Crippen LogP contribution in [0.3, 0.4) is 0 Å². The van der Waals surface area contributed by atoms with E-state index in [4.69, 9.17) is 14.2 Å². The molecule has 0 aliphatic heterocycles. The molecule has 0 saturated carbocycles. The lowest BCUT2D eigenvalue weighted by Gasteiger charge is -2.25. The van der Waals surface area contributed by atoms with Gasteiger partial charge in [-0.1, -0.05) is 36.9 Å². The van der Waals surface area contributed by atoms with Gasteiger partial charge in [0.05, 0.1) is 20.3 Å². The van der Waals surface area contributed by atoms with Gasteiger partial charge in [-0.25, -0.2) is 0 Å². The zero-order chi connectivity index (χ0) is 20.5. The van der Waals surface area contributed by atoms with Crippen molar-refractivity contribution in [3.05, 3.63) is 72.3 Å². The molecule has 5 heteroatoms. The van der Waals surface area contributed by atoms with Crippen molar-refractivity contribution in [2.75, 3.05) is 27.9 Å². The topological polar surface area (TPSA) is 48.0 Å². The first-order chi connectivity index (χ1) is 13.5. The zero-order valence-corrected chi connectivity index (χ0v) is 16.8. The number of nitrogens with zero attached hydrogens (tertiary/aromatic N) is 1. The predicted molar refractivity (Wildman–Crippen MR) is 112 cm³/mol. The number of carbonyl (C=O) groups excluding carboxylic acids is 1. The Morgan fingerprint density at radius 2 is 1.82 bits per heavy atom. The highest BCUT2D eigenvalue weighted by Crippen LogP contribution is 2.30. The molecule has 0 heterocycles. The molecule has 0 aliphatic rings. The van der Waals surface area contributed by atoms with Crippen LogP contribution in [0.1, 0.15) is 24.1 Å². The molecule has 1 atom stereocenters. The van der Waals surface area contributed by atoms with E-state index in [0.29, 0.717) is 18.1 Å². The molecule has 0 radical (unpaired) electrons. The number of rotatable bonds is 9. The van der Waals surface area contributed by atoms with E-state index < -0.39 is 0 Å². The van der Waals surface area contributed by atoms with E-state index in [1.807, 2.05) is 49.4 Å². The Hall–Kier alpha value is -3.21. The SMILES string of the molecule is C=CCOc1ccc(/C=C/C(=O)N(C)C(C)c2ccccc2OC)cc1OC. The maximum Gasteiger partial charge on any atom is 0.246 e. The maximum atomic E-state index is 12.6. The molecule has 5 nitrogen and oxygen atoms in total. The van der Waals surface area contributed by atoms with Crippen LogP contribution in [0, 0.1) is 0 Å². The van der Waals surface area contributed by atoms with Gasteiger partial charge in [0.1, 0.15) is 12.4 Å². The first-order valence-corrected chi connectivity index (χ1v) is 9.01. The van der Waals surface area contributed by atoms with Crippen molar-refractivity contribution in [3.8, 4) is 17.2 Å². The summed E-state index contributed by atoms with van der Waals surface area (Å²) in [7, 11) is 4.98. The molecular weight excluding hydrogens is 354 g/mol. The van der Waals surface area contributed by atoms with E-state index in [1.54, 1.807) is 44.4 Å². The molecule has 0 fully saturated rings. The second kappa shape index (κ2) is 10.2. The molecule has 0 aromatic heterocycles. The van der Waals surface area contributed by atoms with E-state index in [9.17, 15) is 4.79 Å². The minimum Gasteiger partial charge on any atom is -0.496 e. The van der Waals surface area contributed by atoms with Gasteiger partial charge in [0.2, 0.25) is 5.91 Å². The van der Waals surface area contributed by atoms with Gasteiger partial charge in [0.25, 0.3) is 0 Å². The lowest BCUT2D eigenvalue weighted by Crippen LogP contribution is -2.28. The molecular formula is C23H27NO4. The molecule has 0 N–H and O–H groups in total. The van der Waals surface area contributed by atoms with Gasteiger partial charge in [-0.05, 0) is 36.8 Å². The Bertz CT molecular complexity index is 844. The van der Waals surface area contributed by atoms with Crippen LogP contribution < -0.4 is 14.2 Å². The van der Waals surface area contributed by atoms with Gasteiger partial charge >= 0.3 is 0 Å². The Labute approximate surface area is 166 Å². The van der Waals surface area contributed by atoms with E-state index in [2.05, 4.69) is 6.58 Å². The van der Waals surface area contributed by atoms with Gasteiger partial charge in [-0.15, -0.1) is 0 Å². The highest BCUT2D eigenvalue weighted by Gasteiger charge is 2.18. The molecule has 28 heavy (non-hydrogen) atoms. The molecule has 148 valence electrons. The van der Waals surface area contributed by atoms with Gasteiger partial charge in [0.15, 0.2) is 11.5 Å². The number of carbonyl (C=O) groups is 1. The third-order valence-corrected chi connectivity index (χ3v) is 4.48. The van der Waals surface area contributed by atoms with Crippen LogP contribution >= 0.6 is 0 Å². The Balaban J connectivity index is 2.12. The number of methoxy groups -OCH3 is 2. The van der Waals surface area contributed by atoms with Crippen molar-refractivity contribution in [1.29, 1.82) is 0 Å². The van der Waals surface area contributed by atoms with Crippen molar-refractivity contribution >= 4 is 12.0 Å². The van der Waals surface area contributed by atoms with E-state index >= 15 is 0 Å². The monoisotopic (exact) mass is 381 g/mol. The van der Waals surface area contributed by atoms with Gasteiger partial charge in [-0.3, -0.25) is 4.79 Å². The molecule has 2 aromatic rings. The first-order valence-electron chi connectivity index (χ1n) is 9.01. The summed E-state index contributed by atoms with van der Waals surface area (Å²) >= 11 is 0. The lowest BCUT2D eigenvalue weighted by molar-refractivity contribution is -0.126. The van der Waals surface area contributed by atoms with Gasteiger partial charge < -0.3 is 19.1 Å². The normalized spacial score (nSPS) is 11.7. The van der Waals surface area contributed by atoms with Crippen molar-refractivity contribution in [2.45, 2.75) is 13.0 Å². The fourth-order valence-corrected chi connectivity index (χ4v) is 2.75. The van der Waals surface area contributed by atoms with Crippen LogP contribution in [0.5, 0.6) is 17.2 Å². The van der Waals surface area contributed by atoms with Crippen molar-refractivity contribution in [1.82, 2.24) is 4.90 Å². The standard InChI is InChI=1S/C23H27NO4/c1-6-15-28-21-13-11-18(16-22(21)27-5)12-14-23(25)24(3)17(2)19-9-7-8-10-20(19)26-4/h6-14,16-17H,1,15H2,2-5H3/b14-12+. The summed E-state index contributed by atoms with van der Waals surface area (Å²) in [6, 6.07) is 13.1. The molecule has 0 saturated heterocycles. The Morgan fingerprint density at radius 1 is 1.11 bits per heavy atom. The summed E-state index contributed by atoms with van der Waals surface area (Å²) in [5.74, 6) is 1.89. The van der Waals surface area contributed by atoms with Crippen molar-refractivity contribution < 1.29 is 19.0 Å². The highest BCUT2D eigenvalue weighted by atomic mass is 16.5. The number of para-hydroxylation sites is 1. The number of benzene rings is 2. The third kappa shape index (κ3) is 5.16. The summed E-state index contributed by atoms with van der Waals surface area (Å²) in [5, 5.41) is 0. The molecule has 0 aliphatic carbocycles. The van der Waals surface area contributed by atoms with E-state index in [0.717, 1.165) is 16.9 Å². The van der Waals surface area contributed by atoms with Crippen LogP contribution in [-0.4, -0.2) is 38.7 Å². The lowest BCUT2D eigenvalue weighted by atomic mass is 10.1. The molecule has 0 bridgehead atoms. The fraction of sp³-hybridized carbons (Fsp3) is 0.261. The van der Waals surface area contributed by atoms with Crippen LogP contribution in [0.2, 0.25) is 0 Å². The maximum absolute atomic E-state index is 12.6. The molecule has 2 rings (SSSR count). The summed E-state index contributed by atoms with van der Waals surface area (Å²) in [5.41, 5.74) is 1.80. The summed E-state index contributed by atoms with van der Waals surface area (Å²) in [6.45, 7) is 6.00. The number of ether oxygens (including phenoxy) is 3. The van der Waals surface area contributed by atoms with Crippen LogP contribution in [0.25, 0.3) is 6.08 Å². The average molecular weight is 381 g/mol. The minimum atomic E-state index is -0.127. The summed E-state index contributed by atoms with van der Waals surface area (Å²) in [6.07, 6.45) is 4.98. The number of hydrogen-bond donors (Lipinski definition) is 0. The van der Waals surface area contributed by atoms with Crippen LogP contribution in [0.4, 0.5) is 0 Å². The van der Waals surface area contributed by atoms with Crippen molar-refractivity contribution in [3.63, 3.8) is 0 Å². The van der Waals surface area contributed by atoms with Gasteiger partial charge in [-0.2, -0.15) is 0 Å². The summed E-state index contributed by atoms with van der Waals surface area (Å²) < 4.78 is 16.3. The molecule has 1 unspecified atom stereocenters. The zero-order valence-electron chi connectivity index (χ0n) is 16.8. The molecule has 0 spiro atoms. The second-order valence-corrected chi connectivity index (χ2v) is 6.21. The summed E-state index contributed by atoms with van der Waals surface area (Å²) in [4.78, 5) is 14.3. The van der Waals surface area contributed by atoms with E-state index in [1.165, 1.54) is 0 Å². The smallest absolute Gasteiger partial charge is 0.246 e. The highest BCUT2D eigenvalue weighted by molar-refractivity contribution is 5.92. The van der Waals surface area contributed by atoms with Crippen molar-refractivity contribution in [2.24, 2.45) is 0 Å². The van der Waals surface area contributed by atoms with Crippen LogP contribution in [-0.2, 0) is 4.79 Å². The number of hydrogen-bond acceptors (Lipinski definition) is 4. The Kier molecular flexibility index (Phi) is 7.69. The largest absolute Gasteiger partial charge is 0.496 e. The number of amides is 1. The minimum absolute atomic E-state index is 0.107. The Morgan fingerprint density at radius 3 is 2.50 bits per heavy atom. The molecule has 1 amide bonds. The average Bonchev–Trinajstić information content (AvgIpc) is 2.74. The first kappa shape index (κ1) is 21.1. The fourth-order valence-electron chi connectivity index (χ4n) is 2.75. The second-order valence-electron chi connectivity index (χ2n) is 6.21. The predicted octanol–water partition coefficient (Wildman–Crippen LogP) is 4.50. The quantitative estimate of drug-likeness (QED) is 0.474. The molecule has 2 aromatic carbocycles. The van der Waals surface area contributed by atoms with Gasteiger partial charge in [0, 0.05) is 18.7 Å². The van der Waals surface area contributed by atoms with E-state index in [-0.39, 0.29) is 11.9 Å². The number of likely N-dealkylation sites (N-methyl/N-ethyl adjacent to an activating group) is 1. The third-order valence-electron chi connectivity index (χ3n) is 4.48. The van der Waals surface area contributed by atoms with Crippen LogP contribution in [0.15, 0.2) is 61.2 Å².